The van der Waals surface area contributed by atoms with Crippen LogP contribution in [-0.2, 0) is 11.2 Å². The van der Waals surface area contributed by atoms with Crippen LogP contribution in [0, 0.1) is 5.41 Å². The predicted octanol–water partition coefficient (Wildman–Crippen LogP) is 4.21. The third-order valence-corrected chi connectivity index (χ3v) is 3.23. The first kappa shape index (κ1) is 17.9. The van der Waals surface area contributed by atoms with Crippen LogP contribution in [0.4, 0.5) is 0 Å². The number of hydrogen-bond donors (Lipinski definition) is 1. The molecule has 0 saturated heterocycles. The van der Waals surface area contributed by atoms with Gasteiger partial charge in [-0.1, -0.05) is 42.6 Å². The zero-order chi connectivity index (χ0) is 15.7. The summed E-state index contributed by atoms with van der Waals surface area (Å²) in [6.45, 7) is 3.14. The van der Waals surface area contributed by atoms with E-state index < -0.39 is 4.84 Å². The van der Waals surface area contributed by atoms with E-state index in [0.29, 0.717) is 25.4 Å². The lowest BCUT2D eigenvalue weighted by atomic mass is 10.1. The number of rotatable bonds is 9. The number of hydrogen-bond acceptors (Lipinski definition) is 4. The first-order valence-electron chi connectivity index (χ1n) is 6.87. The van der Waals surface area contributed by atoms with Crippen molar-refractivity contribution in [2.45, 2.75) is 31.0 Å². The molecular formula is C15H21Cl2NO3. The maximum absolute atomic E-state index is 7.39. The average Bonchev–Trinajstić information content (AvgIpc) is 2.48. The summed E-state index contributed by atoms with van der Waals surface area (Å²) < 4.78 is 16.1. The van der Waals surface area contributed by atoms with E-state index in [0.717, 1.165) is 24.2 Å². The molecule has 0 saturated carbocycles. The third-order valence-electron chi connectivity index (χ3n) is 2.83. The van der Waals surface area contributed by atoms with E-state index in [-0.39, 0.29) is 5.90 Å². The van der Waals surface area contributed by atoms with Gasteiger partial charge >= 0.3 is 0 Å². The molecule has 0 radical (unpaired) electrons. The number of halogens is 2. The van der Waals surface area contributed by atoms with E-state index >= 15 is 0 Å². The fourth-order valence-electron chi connectivity index (χ4n) is 1.66. The molecule has 118 valence electrons. The molecule has 0 aliphatic rings. The Balaban J connectivity index is 2.54. The lowest BCUT2D eigenvalue weighted by Crippen LogP contribution is -2.13. The number of ether oxygens (including phenoxy) is 3. The number of benzene rings is 1. The molecule has 0 unspecified atom stereocenters. The highest BCUT2D eigenvalue weighted by Gasteiger charge is 2.09. The molecule has 1 N–H and O–H groups in total. The molecular weight excluding hydrogens is 313 g/mol. The van der Waals surface area contributed by atoms with Gasteiger partial charge in [-0.2, -0.15) is 0 Å². The lowest BCUT2D eigenvalue weighted by molar-refractivity contribution is 0.287. The van der Waals surface area contributed by atoms with Crippen LogP contribution in [0.25, 0.3) is 0 Å². The van der Waals surface area contributed by atoms with E-state index in [1.54, 1.807) is 7.11 Å². The van der Waals surface area contributed by atoms with Crippen molar-refractivity contribution in [1.82, 2.24) is 0 Å². The smallest absolute Gasteiger partial charge is 0.214 e. The Morgan fingerprint density at radius 3 is 2.62 bits per heavy atom. The van der Waals surface area contributed by atoms with Crippen LogP contribution in [0.15, 0.2) is 18.2 Å². The number of methoxy groups -OCH3 is 1. The Morgan fingerprint density at radius 2 is 2.00 bits per heavy atom. The van der Waals surface area contributed by atoms with E-state index in [1.165, 1.54) is 0 Å². The van der Waals surface area contributed by atoms with Crippen molar-refractivity contribution in [2.75, 3.05) is 20.3 Å². The van der Waals surface area contributed by atoms with Gasteiger partial charge in [-0.3, -0.25) is 5.41 Å². The molecule has 0 fully saturated rings. The summed E-state index contributed by atoms with van der Waals surface area (Å²) in [4.78, 5) is -0.922. The summed E-state index contributed by atoms with van der Waals surface area (Å²) in [5, 5.41) is 7.39. The fraction of sp³-hybridized carbons (Fsp3) is 0.533. The molecule has 0 aromatic heterocycles. The molecule has 0 spiro atoms. The Hall–Kier alpha value is -1.13. The minimum absolute atomic E-state index is 0.134. The van der Waals surface area contributed by atoms with Crippen LogP contribution in [0.5, 0.6) is 11.5 Å². The Labute approximate surface area is 135 Å². The van der Waals surface area contributed by atoms with Gasteiger partial charge in [0, 0.05) is 6.42 Å². The van der Waals surface area contributed by atoms with Gasteiger partial charge in [-0.15, -0.1) is 0 Å². The average molecular weight is 334 g/mol. The summed E-state index contributed by atoms with van der Waals surface area (Å²) in [6, 6.07) is 5.75. The number of alkyl halides is 2. The van der Waals surface area contributed by atoms with Gasteiger partial charge in [0.1, 0.15) is 0 Å². The van der Waals surface area contributed by atoms with Crippen LogP contribution >= 0.6 is 23.2 Å². The molecule has 0 aliphatic carbocycles. The van der Waals surface area contributed by atoms with E-state index in [2.05, 4.69) is 6.92 Å². The zero-order valence-electron chi connectivity index (χ0n) is 12.3. The quantitative estimate of drug-likeness (QED) is 0.318. The normalized spacial score (nSPS) is 10.5. The predicted molar refractivity (Wildman–Crippen MR) is 86.3 cm³/mol. The van der Waals surface area contributed by atoms with Gasteiger partial charge in [0.25, 0.3) is 0 Å². The second-order valence-corrected chi connectivity index (χ2v) is 5.55. The van der Waals surface area contributed by atoms with Crippen molar-refractivity contribution in [3.8, 4) is 11.5 Å². The first-order valence-corrected chi connectivity index (χ1v) is 7.74. The van der Waals surface area contributed by atoms with E-state index in [4.69, 9.17) is 42.8 Å². The van der Waals surface area contributed by atoms with Gasteiger partial charge in [-0.05, 0) is 24.1 Å². The van der Waals surface area contributed by atoms with Gasteiger partial charge in [0.05, 0.1) is 20.3 Å². The van der Waals surface area contributed by atoms with Crippen molar-refractivity contribution in [3.05, 3.63) is 23.8 Å². The zero-order valence-corrected chi connectivity index (χ0v) is 13.8. The summed E-state index contributed by atoms with van der Waals surface area (Å²) in [6.07, 6.45) is 2.74. The SMILES string of the molecule is CCCCOc1ccc(CCOC(=N)C(Cl)Cl)cc1OC. The van der Waals surface area contributed by atoms with E-state index in [9.17, 15) is 0 Å². The largest absolute Gasteiger partial charge is 0.493 e. The van der Waals surface area contributed by atoms with E-state index in [1.807, 2.05) is 18.2 Å². The van der Waals surface area contributed by atoms with Crippen LogP contribution in [0.3, 0.4) is 0 Å². The summed E-state index contributed by atoms with van der Waals surface area (Å²) >= 11 is 11.0. The molecule has 0 aliphatic heterocycles. The first-order chi connectivity index (χ1) is 10.1. The topological polar surface area (TPSA) is 51.5 Å². The second-order valence-electron chi connectivity index (χ2n) is 4.45. The number of nitrogens with one attached hydrogen (secondary N) is 1. The highest BCUT2D eigenvalue weighted by Crippen LogP contribution is 2.28. The van der Waals surface area contributed by atoms with Gasteiger partial charge in [-0.25, -0.2) is 0 Å². The molecule has 6 heteroatoms. The Bertz CT molecular complexity index is 453. The maximum Gasteiger partial charge on any atom is 0.214 e. The fourth-order valence-corrected chi connectivity index (χ4v) is 1.78. The molecule has 1 rings (SSSR count). The molecule has 0 heterocycles. The highest BCUT2D eigenvalue weighted by atomic mass is 35.5. The minimum Gasteiger partial charge on any atom is -0.493 e. The molecule has 0 bridgehead atoms. The Kier molecular flexibility index (Phi) is 8.31. The van der Waals surface area contributed by atoms with Crippen molar-refractivity contribution in [1.29, 1.82) is 5.41 Å². The van der Waals surface area contributed by atoms with Crippen molar-refractivity contribution < 1.29 is 14.2 Å². The molecule has 0 amide bonds. The van der Waals surface area contributed by atoms with Crippen LogP contribution in [-0.4, -0.2) is 31.1 Å². The molecule has 21 heavy (non-hydrogen) atoms. The van der Waals surface area contributed by atoms with Crippen LogP contribution in [0.1, 0.15) is 25.3 Å². The van der Waals surface area contributed by atoms with Gasteiger partial charge < -0.3 is 14.2 Å². The number of unbranched alkanes of at least 4 members (excludes halogenated alkanes) is 1. The van der Waals surface area contributed by atoms with Gasteiger partial charge in [0.15, 0.2) is 16.3 Å². The summed E-state index contributed by atoms with van der Waals surface area (Å²) in [7, 11) is 1.61. The maximum atomic E-state index is 7.39. The third kappa shape index (κ3) is 6.44. The molecule has 1 aromatic carbocycles. The monoisotopic (exact) mass is 333 g/mol. The standard InChI is InChI=1S/C15H21Cl2NO3/c1-3-4-8-20-12-6-5-11(10-13(12)19-2)7-9-21-15(18)14(16)17/h5-6,10,14,18H,3-4,7-9H2,1-2H3. The molecule has 0 atom stereocenters. The van der Waals surface area contributed by atoms with Crippen molar-refractivity contribution >= 4 is 29.1 Å². The second kappa shape index (κ2) is 9.74. The minimum atomic E-state index is -0.922. The summed E-state index contributed by atoms with van der Waals surface area (Å²) in [5.74, 6) is 1.31. The molecule has 4 nitrogen and oxygen atoms in total. The summed E-state index contributed by atoms with van der Waals surface area (Å²) in [5.41, 5.74) is 1.03. The van der Waals surface area contributed by atoms with Crippen molar-refractivity contribution in [2.24, 2.45) is 0 Å². The van der Waals surface area contributed by atoms with Crippen LogP contribution < -0.4 is 9.47 Å². The highest BCUT2D eigenvalue weighted by molar-refractivity contribution is 6.53. The Morgan fingerprint density at radius 1 is 1.24 bits per heavy atom. The van der Waals surface area contributed by atoms with Gasteiger partial charge in [0.2, 0.25) is 5.90 Å². The lowest BCUT2D eigenvalue weighted by Gasteiger charge is -2.12. The van der Waals surface area contributed by atoms with Crippen LogP contribution in [0.2, 0.25) is 0 Å². The van der Waals surface area contributed by atoms with Crippen molar-refractivity contribution in [3.63, 3.8) is 0 Å². The molecule has 1 aromatic rings.